The third kappa shape index (κ3) is 60.4. The molecule has 0 heterocycles. The maximum atomic E-state index is 12.8. The van der Waals surface area contributed by atoms with Gasteiger partial charge in [0.25, 0.3) is 0 Å². The number of hydrogen-bond donors (Lipinski definition) is 0. The standard InChI is InChI=1S/C67H124O6/c1-4-7-10-13-15-17-19-21-23-25-27-29-30-31-32-33-34-35-36-38-39-41-43-45-47-49-51-54-57-60-66(69)72-63-64(62-71-65(68)59-56-53-12-9-6-3)73-67(70)61-58-55-52-50-48-46-44-42-40-37-28-26-24-22-20-18-16-14-11-8-5-2/h19,21,25,27,30-31,64H,4-18,20,22-24,26,28-29,32-63H2,1-3H3/b21-19-,27-25-,31-30-. The molecule has 0 aromatic rings. The van der Waals surface area contributed by atoms with E-state index in [0.29, 0.717) is 19.3 Å². The van der Waals surface area contributed by atoms with Crippen LogP contribution >= 0.6 is 0 Å². The predicted octanol–water partition coefficient (Wildman–Crippen LogP) is 22.0. The Balaban J connectivity index is 3.97. The molecule has 0 N–H and O–H groups in total. The Morgan fingerprint density at radius 2 is 0.493 bits per heavy atom. The van der Waals surface area contributed by atoms with Gasteiger partial charge in [0, 0.05) is 19.3 Å². The van der Waals surface area contributed by atoms with E-state index in [1.165, 1.54) is 238 Å². The fraction of sp³-hybridized carbons (Fsp3) is 0.866. The first-order chi connectivity index (χ1) is 36.0. The van der Waals surface area contributed by atoms with Crippen LogP contribution in [0.1, 0.15) is 355 Å². The van der Waals surface area contributed by atoms with E-state index in [0.717, 1.165) is 77.0 Å². The van der Waals surface area contributed by atoms with Crippen LogP contribution in [-0.2, 0) is 28.6 Å². The highest BCUT2D eigenvalue weighted by Crippen LogP contribution is 2.18. The molecule has 0 radical (unpaired) electrons. The van der Waals surface area contributed by atoms with Crippen molar-refractivity contribution in [3.63, 3.8) is 0 Å². The highest BCUT2D eigenvalue weighted by Gasteiger charge is 2.19. The van der Waals surface area contributed by atoms with Crippen LogP contribution in [0.15, 0.2) is 36.5 Å². The highest BCUT2D eigenvalue weighted by atomic mass is 16.6. The van der Waals surface area contributed by atoms with Crippen molar-refractivity contribution in [2.75, 3.05) is 13.2 Å². The van der Waals surface area contributed by atoms with Gasteiger partial charge >= 0.3 is 17.9 Å². The van der Waals surface area contributed by atoms with Gasteiger partial charge in [-0.05, 0) is 57.8 Å². The lowest BCUT2D eigenvalue weighted by Crippen LogP contribution is -2.30. The summed E-state index contributed by atoms with van der Waals surface area (Å²) in [6, 6.07) is 0. The summed E-state index contributed by atoms with van der Waals surface area (Å²) in [5, 5.41) is 0. The molecular weight excluding hydrogens is 901 g/mol. The van der Waals surface area contributed by atoms with Crippen LogP contribution in [0.2, 0.25) is 0 Å². The van der Waals surface area contributed by atoms with Gasteiger partial charge in [-0.1, -0.05) is 314 Å². The Hall–Kier alpha value is -2.37. The topological polar surface area (TPSA) is 78.9 Å². The fourth-order valence-electron chi connectivity index (χ4n) is 9.75. The number of unbranched alkanes of at least 4 members (excludes halogenated alkanes) is 43. The van der Waals surface area contributed by atoms with Crippen molar-refractivity contribution in [3.8, 4) is 0 Å². The molecule has 1 atom stereocenters. The monoisotopic (exact) mass is 1020 g/mol. The summed E-state index contributed by atoms with van der Waals surface area (Å²) in [5.74, 6) is -0.860. The van der Waals surface area contributed by atoms with E-state index in [9.17, 15) is 14.4 Å². The molecule has 428 valence electrons. The quantitative estimate of drug-likeness (QED) is 0.0261. The summed E-state index contributed by atoms with van der Waals surface area (Å²) in [7, 11) is 0. The number of esters is 3. The van der Waals surface area contributed by atoms with E-state index in [1.54, 1.807) is 0 Å². The van der Waals surface area contributed by atoms with Crippen LogP contribution in [0.3, 0.4) is 0 Å². The van der Waals surface area contributed by atoms with Crippen LogP contribution in [0.5, 0.6) is 0 Å². The lowest BCUT2D eigenvalue weighted by molar-refractivity contribution is -0.167. The number of ether oxygens (including phenoxy) is 3. The normalized spacial score (nSPS) is 12.2. The van der Waals surface area contributed by atoms with Crippen molar-refractivity contribution in [2.24, 2.45) is 0 Å². The zero-order chi connectivity index (χ0) is 52.9. The molecule has 0 aliphatic heterocycles. The Morgan fingerprint density at radius 3 is 0.767 bits per heavy atom. The summed E-state index contributed by atoms with van der Waals surface area (Å²) in [6.07, 6.45) is 76.4. The largest absolute Gasteiger partial charge is 0.462 e. The second-order valence-electron chi connectivity index (χ2n) is 22.0. The molecule has 0 aromatic heterocycles. The molecule has 0 aliphatic carbocycles. The van der Waals surface area contributed by atoms with E-state index in [1.807, 2.05) is 0 Å². The van der Waals surface area contributed by atoms with Crippen molar-refractivity contribution in [1.82, 2.24) is 0 Å². The van der Waals surface area contributed by atoms with Crippen LogP contribution < -0.4 is 0 Å². The molecule has 6 heteroatoms. The Labute approximate surface area is 455 Å². The first-order valence-electron chi connectivity index (χ1n) is 32.5. The van der Waals surface area contributed by atoms with Crippen LogP contribution in [0, 0.1) is 0 Å². The lowest BCUT2D eigenvalue weighted by atomic mass is 10.0. The van der Waals surface area contributed by atoms with Crippen LogP contribution in [0.25, 0.3) is 0 Å². The first kappa shape index (κ1) is 70.6. The molecule has 0 aliphatic rings. The van der Waals surface area contributed by atoms with E-state index in [-0.39, 0.29) is 31.1 Å². The first-order valence-corrected chi connectivity index (χ1v) is 32.5. The van der Waals surface area contributed by atoms with Crippen LogP contribution in [-0.4, -0.2) is 37.2 Å². The minimum Gasteiger partial charge on any atom is -0.462 e. The number of carbonyl (C=O) groups is 3. The number of allylic oxidation sites excluding steroid dienone is 6. The molecule has 73 heavy (non-hydrogen) atoms. The van der Waals surface area contributed by atoms with Crippen molar-refractivity contribution < 1.29 is 28.6 Å². The maximum absolute atomic E-state index is 12.8. The zero-order valence-electron chi connectivity index (χ0n) is 49.2. The summed E-state index contributed by atoms with van der Waals surface area (Å²) in [4.78, 5) is 37.9. The van der Waals surface area contributed by atoms with Gasteiger partial charge in [-0.3, -0.25) is 14.4 Å². The third-order valence-corrected chi connectivity index (χ3v) is 14.6. The van der Waals surface area contributed by atoms with Crippen molar-refractivity contribution in [3.05, 3.63) is 36.5 Å². The van der Waals surface area contributed by atoms with Gasteiger partial charge in [-0.2, -0.15) is 0 Å². The van der Waals surface area contributed by atoms with E-state index < -0.39 is 6.10 Å². The average Bonchev–Trinajstić information content (AvgIpc) is 3.39. The molecular formula is C67H124O6. The molecule has 0 rings (SSSR count). The summed E-state index contributed by atoms with van der Waals surface area (Å²) in [6.45, 7) is 6.60. The summed E-state index contributed by atoms with van der Waals surface area (Å²) >= 11 is 0. The molecule has 1 unspecified atom stereocenters. The fourth-order valence-corrected chi connectivity index (χ4v) is 9.75. The van der Waals surface area contributed by atoms with Gasteiger partial charge < -0.3 is 14.2 Å². The van der Waals surface area contributed by atoms with Gasteiger partial charge in [0.1, 0.15) is 13.2 Å². The molecule has 6 nitrogen and oxygen atoms in total. The van der Waals surface area contributed by atoms with Gasteiger partial charge in [0.15, 0.2) is 6.10 Å². The lowest BCUT2D eigenvalue weighted by Gasteiger charge is -2.18. The molecule has 0 saturated heterocycles. The Morgan fingerprint density at radius 1 is 0.274 bits per heavy atom. The van der Waals surface area contributed by atoms with Crippen molar-refractivity contribution in [2.45, 2.75) is 361 Å². The van der Waals surface area contributed by atoms with Crippen LogP contribution in [0.4, 0.5) is 0 Å². The number of hydrogen-bond acceptors (Lipinski definition) is 6. The maximum Gasteiger partial charge on any atom is 0.306 e. The van der Waals surface area contributed by atoms with Gasteiger partial charge in [0.2, 0.25) is 0 Å². The molecule has 0 aromatic carbocycles. The molecule has 0 spiro atoms. The average molecular weight is 1030 g/mol. The second-order valence-corrected chi connectivity index (χ2v) is 22.0. The third-order valence-electron chi connectivity index (χ3n) is 14.6. The number of carbonyl (C=O) groups excluding carboxylic acids is 3. The van der Waals surface area contributed by atoms with Crippen molar-refractivity contribution >= 4 is 17.9 Å². The Bertz CT molecular complexity index is 1220. The number of rotatable bonds is 60. The van der Waals surface area contributed by atoms with Gasteiger partial charge in [-0.25, -0.2) is 0 Å². The zero-order valence-corrected chi connectivity index (χ0v) is 49.2. The minimum absolute atomic E-state index is 0.0679. The highest BCUT2D eigenvalue weighted by molar-refractivity contribution is 5.71. The predicted molar refractivity (Wildman–Crippen MR) is 316 cm³/mol. The van der Waals surface area contributed by atoms with Crippen molar-refractivity contribution in [1.29, 1.82) is 0 Å². The molecule has 0 amide bonds. The van der Waals surface area contributed by atoms with E-state index in [2.05, 4.69) is 57.2 Å². The molecule has 0 saturated carbocycles. The summed E-state index contributed by atoms with van der Waals surface area (Å²) in [5.41, 5.74) is 0. The van der Waals surface area contributed by atoms with E-state index in [4.69, 9.17) is 14.2 Å². The van der Waals surface area contributed by atoms with Gasteiger partial charge in [0.05, 0.1) is 0 Å². The molecule has 0 fully saturated rings. The molecule has 0 bridgehead atoms. The Kier molecular flexibility index (Phi) is 60.2. The minimum atomic E-state index is -0.765. The summed E-state index contributed by atoms with van der Waals surface area (Å²) < 4.78 is 16.8. The van der Waals surface area contributed by atoms with Gasteiger partial charge in [-0.15, -0.1) is 0 Å². The smallest absolute Gasteiger partial charge is 0.306 e. The SMILES string of the molecule is CCCCCCC/C=C\C/C=C\C/C=C\CCCCCCCCCCCCCCCCC(=O)OCC(COC(=O)CCCCCCC)OC(=O)CCCCCCCCCCCCCCCCCCCCCCC. The second kappa shape index (κ2) is 62.2. The van der Waals surface area contributed by atoms with E-state index >= 15 is 0 Å².